The van der Waals surface area contributed by atoms with Crippen molar-refractivity contribution in [3.63, 3.8) is 0 Å². The molecule has 0 aliphatic carbocycles. The summed E-state index contributed by atoms with van der Waals surface area (Å²) < 4.78 is 40.2. The number of halogens is 3. The van der Waals surface area contributed by atoms with Gasteiger partial charge in [-0.05, 0) is 30.7 Å². The summed E-state index contributed by atoms with van der Waals surface area (Å²) in [4.78, 5) is 4.08. The highest BCUT2D eigenvalue weighted by molar-refractivity contribution is 5.69. The fourth-order valence-corrected chi connectivity index (χ4v) is 1.60. The molecule has 0 spiro atoms. The van der Waals surface area contributed by atoms with Crippen molar-refractivity contribution in [3.05, 3.63) is 42.1 Å². The number of alkyl halides is 3. The van der Waals surface area contributed by atoms with Crippen molar-refractivity contribution in [1.82, 2.24) is 4.98 Å². The number of aryl methyl sites for hydroxylation is 1. The first-order valence-corrected chi connectivity index (χ1v) is 5.68. The van der Waals surface area contributed by atoms with Crippen LogP contribution in [0.25, 0.3) is 0 Å². The standard InChI is InChI=1S/C13H12F3N3O/c1-8-5-11(17)12(18-7-8)19-9-3-2-4-10(6-9)20-13(14,15)16/h2-7H,17H2,1H3,(H,18,19). The molecule has 2 aromatic rings. The number of nitrogens with one attached hydrogen (secondary N) is 1. The van der Waals surface area contributed by atoms with Crippen molar-refractivity contribution in [2.75, 3.05) is 11.1 Å². The van der Waals surface area contributed by atoms with Gasteiger partial charge in [0.1, 0.15) is 5.75 Å². The summed E-state index contributed by atoms with van der Waals surface area (Å²) in [5.41, 5.74) is 7.47. The molecular weight excluding hydrogens is 271 g/mol. The van der Waals surface area contributed by atoms with Gasteiger partial charge in [0.2, 0.25) is 0 Å². The number of pyridine rings is 1. The molecule has 0 saturated heterocycles. The number of hydrogen-bond acceptors (Lipinski definition) is 4. The lowest BCUT2D eigenvalue weighted by atomic mass is 10.2. The molecule has 3 N–H and O–H groups in total. The van der Waals surface area contributed by atoms with Gasteiger partial charge in [-0.2, -0.15) is 0 Å². The molecule has 0 amide bonds. The Morgan fingerprint density at radius 2 is 2.00 bits per heavy atom. The number of benzene rings is 1. The van der Waals surface area contributed by atoms with Crippen LogP contribution in [0.3, 0.4) is 0 Å². The van der Waals surface area contributed by atoms with Gasteiger partial charge in [-0.15, -0.1) is 13.2 Å². The maximum Gasteiger partial charge on any atom is 0.573 e. The lowest BCUT2D eigenvalue weighted by Crippen LogP contribution is -2.17. The van der Waals surface area contributed by atoms with E-state index in [9.17, 15) is 13.2 Å². The van der Waals surface area contributed by atoms with E-state index in [-0.39, 0.29) is 5.75 Å². The molecule has 1 aromatic carbocycles. The largest absolute Gasteiger partial charge is 0.573 e. The summed E-state index contributed by atoms with van der Waals surface area (Å²) in [6, 6.07) is 7.17. The first-order valence-electron chi connectivity index (χ1n) is 5.68. The van der Waals surface area contributed by atoms with Crippen LogP contribution in [0.1, 0.15) is 5.56 Å². The normalized spacial score (nSPS) is 11.2. The van der Waals surface area contributed by atoms with E-state index < -0.39 is 6.36 Å². The fourth-order valence-electron chi connectivity index (χ4n) is 1.60. The van der Waals surface area contributed by atoms with E-state index in [0.717, 1.165) is 5.56 Å². The number of ether oxygens (including phenoxy) is 1. The monoisotopic (exact) mass is 283 g/mol. The third kappa shape index (κ3) is 3.78. The van der Waals surface area contributed by atoms with Gasteiger partial charge < -0.3 is 15.8 Å². The van der Waals surface area contributed by atoms with Crippen LogP contribution in [0.15, 0.2) is 36.5 Å². The second-order valence-electron chi connectivity index (χ2n) is 4.15. The van der Waals surface area contributed by atoms with Gasteiger partial charge in [0.15, 0.2) is 5.82 Å². The van der Waals surface area contributed by atoms with Crippen LogP contribution in [-0.2, 0) is 0 Å². The smallest absolute Gasteiger partial charge is 0.406 e. The third-order valence-corrected chi connectivity index (χ3v) is 2.38. The van der Waals surface area contributed by atoms with E-state index >= 15 is 0 Å². The zero-order chi connectivity index (χ0) is 14.8. The number of nitrogens with zero attached hydrogens (tertiary/aromatic N) is 1. The van der Waals surface area contributed by atoms with Crippen LogP contribution >= 0.6 is 0 Å². The molecule has 0 atom stereocenters. The summed E-state index contributed by atoms with van der Waals surface area (Å²) in [7, 11) is 0. The Labute approximate surface area is 113 Å². The lowest BCUT2D eigenvalue weighted by Gasteiger charge is -2.12. The molecule has 0 fully saturated rings. The van der Waals surface area contributed by atoms with Crippen molar-refractivity contribution >= 4 is 17.2 Å². The van der Waals surface area contributed by atoms with Gasteiger partial charge in [0, 0.05) is 18.0 Å². The lowest BCUT2D eigenvalue weighted by molar-refractivity contribution is -0.274. The van der Waals surface area contributed by atoms with Crippen LogP contribution in [0, 0.1) is 6.92 Å². The summed E-state index contributed by atoms with van der Waals surface area (Å²) in [6.07, 6.45) is -3.12. The predicted molar refractivity (Wildman–Crippen MR) is 69.8 cm³/mol. The summed E-state index contributed by atoms with van der Waals surface area (Å²) in [6.45, 7) is 1.84. The Bertz CT molecular complexity index is 614. The molecule has 20 heavy (non-hydrogen) atoms. The van der Waals surface area contributed by atoms with Gasteiger partial charge in [-0.1, -0.05) is 6.07 Å². The van der Waals surface area contributed by atoms with Gasteiger partial charge >= 0.3 is 6.36 Å². The minimum atomic E-state index is -4.72. The van der Waals surface area contributed by atoms with Crippen LogP contribution < -0.4 is 15.8 Å². The first-order chi connectivity index (χ1) is 9.33. The van der Waals surface area contributed by atoms with Crippen molar-refractivity contribution in [2.24, 2.45) is 0 Å². The van der Waals surface area contributed by atoms with Gasteiger partial charge in [-0.25, -0.2) is 4.98 Å². The molecule has 0 aliphatic heterocycles. The number of rotatable bonds is 3. The molecule has 0 radical (unpaired) electrons. The highest BCUT2D eigenvalue weighted by Gasteiger charge is 2.31. The van der Waals surface area contributed by atoms with E-state index in [2.05, 4.69) is 15.0 Å². The average Bonchev–Trinajstić information content (AvgIpc) is 2.31. The van der Waals surface area contributed by atoms with Crippen LogP contribution in [-0.4, -0.2) is 11.3 Å². The van der Waals surface area contributed by atoms with E-state index in [1.165, 1.54) is 18.2 Å². The molecule has 0 bridgehead atoms. The Hall–Kier alpha value is -2.44. The second-order valence-corrected chi connectivity index (χ2v) is 4.15. The van der Waals surface area contributed by atoms with Gasteiger partial charge in [-0.3, -0.25) is 0 Å². The highest BCUT2D eigenvalue weighted by Crippen LogP contribution is 2.27. The van der Waals surface area contributed by atoms with Crippen molar-refractivity contribution in [1.29, 1.82) is 0 Å². The highest BCUT2D eigenvalue weighted by atomic mass is 19.4. The van der Waals surface area contributed by atoms with E-state index in [1.54, 1.807) is 18.3 Å². The molecule has 0 unspecified atom stereocenters. The Morgan fingerprint density at radius 1 is 1.25 bits per heavy atom. The Morgan fingerprint density at radius 3 is 2.65 bits per heavy atom. The van der Waals surface area contributed by atoms with Crippen molar-refractivity contribution in [3.8, 4) is 5.75 Å². The number of hydrogen-bond donors (Lipinski definition) is 2. The molecule has 0 saturated carbocycles. The Balaban J connectivity index is 2.19. The van der Waals surface area contributed by atoms with Crippen molar-refractivity contribution < 1.29 is 17.9 Å². The maximum absolute atomic E-state index is 12.1. The predicted octanol–water partition coefficient (Wildman–Crippen LogP) is 3.61. The maximum atomic E-state index is 12.1. The van der Waals surface area contributed by atoms with E-state index in [1.807, 2.05) is 6.92 Å². The molecule has 0 aliphatic rings. The second kappa shape index (κ2) is 5.28. The van der Waals surface area contributed by atoms with Gasteiger partial charge in [0.25, 0.3) is 0 Å². The van der Waals surface area contributed by atoms with E-state index in [0.29, 0.717) is 17.2 Å². The molecule has 7 heteroatoms. The molecule has 106 valence electrons. The average molecular weight is 283 g/mol. The first kappa shape index (κ1) is 14.0. The zero-order valence-corrected chi connectivity index (χ0v) is 10.5. The summed E-state index contributed by atoms with van der Waals surface area (Å²) >= 11 is 0. The van der Waals surface area contributed by atoms with E-state index in [4.69, 9.17) is 5.73 Å². The molecule has 4 nitrogen and oxygen atoms in total. The van der Waals surface area contributed by atoms with Crippen LogP contribution in [0.5, 0.6) is 5.75 Å². The minimum absolute atomic E-state index is 0.312. The Kier molecular flexibility index (Phi) is 3.69. The SMILES string of the molecule is Cc1cnc(Nc2cccc(OC(F)(F)F)c2)c(N)c1. The molecule has 2 rings (SSSR count). The number of nitrogens with two attached hydrogens (primary N) is 1. The summed E-state index contributed by atoms with van der Waals surface area (Å²) in [5.74, 6) is 0.0629. The van der Waals surface area contributed by atoms with Crippen LogP contribution in [0.2, 0.25) is 0 Å². The topological polar surface area (TPSA) is 60.2 Å². The number of anilines is 3. The molecule has 1 heterocycles. The number of nitrogen functional groups attached to an aromatic ring is 1. The molecular formula is C13H12F3N3O. The quantitative estimate of drug-likeness (QED) is 0.903. The third-order valence-electron chi connectivity index (χ3n) is 2.38. The minimum Gasteiger partial charge on any atom is -0.406 e. The number of aromatic nitrogens is 1. The fraction of sp³-hybridized carbons (Fsp3) is 0.154. The van der Waals surface area contributed by atoms with Crippen LogP contribution in [0.4, 0.5) is 30.4 Å². The zero-order valence-electron chi connectivity index (χ0n) is 10.5. The summed E-state index contributed by atoms with van der Waals surface area (Å²) in [5, 5.41) is 2.84. The van der Waals surface area contributed by atoms with Gasteiger partial charge in [0.05, 0.1) is 5.69 Å². The molecule has 1 aromatic heterocycles. The van der Waals surface area contributed by atoms with Crippen molar-refractivity contribution in [2.45, 2.75) is 13.3 Å².